The molecule has 1 rings (SSSR count). The summed E-state index contributed by atoms with van der Waals surface area (Å²) in [5, 5.41) is 8.93. The number of carboxylic acid groups (broad SMARTS) is 1. The van der Waals surface area contributed by atoms with Crippen molar-refractivity contribution in [1.82, 2.24) is 4.72 Å². The number of carbonyl (C=O) groups is 1. The second-order valence-corrected chi connectivity index (χ2v) is 5.73. The van der Waals surface area contributed by atoms with Gasteiger partial charge in [0.1, 0.15) is 0 Å². The summed E-state index contributed by atoms with van der Waals surface area (Å²) in [7, 11) is -3.78. The quantitative estimate of drug-likeness (QED) is 0.769. The summed E-state index contributed by atoms with van der Waals surface area (Å²) < 4.78 is 27.7. The molecule has 0 saturated carbocycles. The summed E-state index contributed by atoms with van der Waals surface area (Å²) in [6.07, 6.45) is 0. The van der Waals surface area contributed by atoms with Crippen molar-refractivity contribution in [3.05, 3.63) is 28.8 Å². The van der Waals surface area contributed by atoms with Crippen LogP contribution < -0.4 is 9.44 Å². The van der Waals surface area contributed by atoms with Crippen molar-refractivity contribution in [2.75, 3.05) is 4.72 Å². The van der Waals surface area contributed by atoms with E-state index in [0.29, 0.717) is 0 Å². The normalized spacial score (nSPS) is 11.6. The number of benzene rings is 1. The van der Waals surface area contributed by atoms with E-state index in [1.54, 1.807) is 13.8 Å². The number of hydrogen-bond acceptors (Lipinski definition) is 3. The van der Waals surface area contributed by atoms with Gasteiger partial charge < -0.3 is 5.11 Å². The minimum Gasteiger partial charge on any atom is -0.478 e. The first-order chi connectivity index (χ1) is 8.21. The highest BCUT2D eigenvalue weighted by Gasteiger charge is 2.15. The Hall–Kier alpha value is -1.31. The average Bonchev–Trinajstić information content (AvgIpc) is 2.18. The number of halogens is 1. The highest BCUT2D eigenvalue weighted by molar-refractivity contribution is 7.90. The topological polar surface area (TPSA) is 95.5 Å². The van der Waals surface area contributed by atoms with Gasteiger partial charge in [0, 0.05) is 6.04 Å². The minimum absolute atomic E-state index is 0.0183. The van der Waals surface area contributed by atoms with Crippen molar-refractivity contribution in [2.45, 2.75) is 19.9 Å². The zero-order chi connectivity index (χ0) is 13.9. The van der Waals surface area contributed by atoms with Crippen molar-refractivity contribution in [1.29, 1.82) is 0 Å². The van der Waals surface area contributed by atoms with E-state index >= 15 is 0 Å². The first-order valence-corrected chi connectivity index (χ1v) is 6.90. The van der Waals surface area contributed by atoms with E-state index < -0.39 is 16.2 Å². The van der Waals surface area contributed by atoms with Crippen LogP contribution in [0.4, 0.5) is 5.69 Å². The maximum atomic E-state index is 11.6. The lowest BCUT2D eigenvalue weighted by atomic mass is 10.2. The molecule has 0 fully saturated rings. The Morgan fingerprint density at radius 2 is 2.00 bits per heavy atom. The monoisotopic (exact) mass is 292 g/mol. The van der Waals surface area contributed by atoms with E-state index in [9.17, 15) is 13.2 Å². The Kier molecular flexibility index (Phi) is 4.55. The largest absolute Gasteiger partial charge is 0.478 e. The molecule has 0 aliphatic carbocycles. The molecule has 0 radical (unpaired) electrons. The van der Waals surface area contributed by atoms with Crippen LogP contribution in [0.1, 0.15) is 24.2 Å². The summed E-state index contributed by atoms with van der Waals surface area (Å²) in [4.78, 5) is 10.8. The third-order valence-corrected chi connectivity index (χ3v) is 3.45. The molecule has 3 N–H and O–H groups in total. The number of anilines is 1. The predicted molar refractivity (Wildman–Crippen MR) is 69.2 cm³/mol. The van der Waals surface area contributed by atoms with E-state index in [0.717, 1.165) is 6.07 Å². The second-order valence-electron chi connectivity index (χ2n) is 3.88. The van der Waals surface area contributed by atoms with Crippen LogP contribution in [0.3, 0.4) is 0 Å². The second kappa shape index (κ2) is 5.55. The molecule has 0 aliphatic rings. The summed E-state index contributed by atoms with van der Waals surface area (Å²) in [5.74, 6) is -1.16. The molecule has 8 heteroatoms. The molecular formula is C10H13ClN2O4S. The highest BCUT2D eigenvalue weighted by Crippen LogP contribution is 2.23. The van der Waals surface area contributed by atoms with E-state index in [1.807, 2.05) is 0 Å². The van der Waals surface area contributed by atoms with E-state index in [4.69, 9.17) is 16.7 Å². The third kappa shape index (κ3) is 4.17. The Bertz CT molecular complexity index is 557. The Labute approximate surface area is 110 Å². The zero-order valence-electron chi connectivity index (χ0n) is 9.77. The molecule has 0 aromatic heterocycles. The lowest BCUT2D eigenvalue weighted by Gasteiger charge is -2.13. The molecule has 0 heterocycles. The van der Waals surface area contributed by atoms with Gasteiger partial charge in [0.15, 0.2) is 0 Å². The van der Waals surface area contributed by atoms with Gasteiger partial charge in [0.25, 0.3) is 10.2 Å². The first kappa shape index (κ1) is 14.7. The molecule has 18 heavy (non-hydrogen) atoms. The van der Waals surface area contributed by atoms with Gasteiger partial charge in [-0.05, 0) is 32.0 Å². The SMILES string of the molecule is CC(C)NS(=O)(=O)Nc1cc(C(=O)O)ccc1Cl. The van der Waals surface area contributed by atoms with E-state index in [-0.39, 0.29) is 22.3 Å². The summed E-state index contributed by atoms with van der Waals surface area (Å²) >= 11 is 5.80. The summed E-state index contributed by atoms with van der Waals surface area (Å²) in [6.45, 7) is 3.32. The number of carboxylic acids is 1. The van der Waals surface area contributed by atoms with Crippen molar-refractivity contribution in [2.24, 2.45) is 0 Å². The lowest BCUT2D eigenvalue weighted by Crippen LogP contribution is -2.35. The number of nitrogens with one attached hydrogen (secondary N) is 2. The smallest absolute Gasteiger partial charge is 0.335 e. The molecule has 100 valence electrons. The van der Waals surface area contributed by atoms with Crippen molar-refractivity contribution in [3.8, 4) is 0 Å². The van der Waals surface area contributed by atoms with Crippen LogP contribution in [0.15, 0.2) is 18.2 Å². The minimum atomic E-state index is -3.78. The van der Waals surface area contributed by atoms with Crippen molar-refractivity contribution < 1.29 is 18.3 Å². The predicted octanol–water partition coefficient (Wildman–Crippen LogP) is 1.69. The standard InChI is InChI=1S/C10H13ClN2O4S/c1-6(2)12-18(16,17)13-9-5-7(10(14)15)3-4-8(9)11/h3-6,12-13H,1-2H3,(H,14,15). The molecule has 0 aliphatic heterocycles. The molecule has 0 atom stereocenters. The van der Waals surface area contributed by atoms with Crippen molar-refractivity contribution >= 4 is 33.5 Å². The average molecular weight is 293 g/mol. The maximum Gasteiger partial charge on any atom is 0.335 e. The fraction of sp³-hybridized carbons (Fsp3) is 0.300. The van der Waals surface area contributed by atoms with E-state index in [2.05, 4.69) is 9.44 Å². The fourth-order valence-electron chi connectivity index (χ4n) is 1.22. The molecular weight excluding hydrogens is 280 g/mol. The number of hydrogen-bond donors (Lipinski definition) is 3. The summed E-state index contributed by atoms with van der Waals surface area (Å²) in [5.41, 5.74) is -0.0358. The van der Waals surface area contributed by atoms with Gasteiger partial charge in [-0.15, -0.1) is 0 Å². The third-order valence-electron chi connectivity index (χ3n) is 1.85. The molecule has 0 amide bonds. The molecule has 0 spiro atoms. The van der Waals surface area contributed by atoms with Crippen LogP contribution in [0.2, 0.25) is 5.02 Å². The van der Waals surface area contributed by atoms with Gasteiger partial charge in [-0.3, -0.25) is 4.72 Å². The molecule has 0 unspecified atom stereocenters. The fourth-order valence-corrected chi connectivity index (χ4v) is 2.58. The molecule has 6 nitrogen and oxygen atoms in total. The first-order valence-electron chi connectivity index (χ1n) is 5.04. The Morgan fingerprint density at radius 3 is 2.50 bits per heavy atom. The van der Waals surface area contributed by atoms with Gasteiger partial charge in [0.05, 0.1) is 16.3 Å². The zero-order valence-corrected chi connectivity index (χ0v) is 11.3. The van der Waals surface area contributed by atoms with Crippen LogP contribution in [0.5, 0.6) is 0 Å². The van der Waals surface area contributed by atoms with Gasteiger partial charge in [-0.2, -0.15) is 13.1 Å². The van der Waals surface area contributed by atoms with E-state index in [1.165, 1.54) is 12.1 Å². The van der Waals surface area contributed by atoms with Gasteiger partial charge in [-0.1, -0.05) is 11.6 Å². The lowest BCUT2D eigenvalue weighted by molar-refractivity contribution is 0.0697. The van der Waals surface area contributed by atoms with Crippen molar-refractivity contribution in [3.63, 3.8) is 0 Å². The molecule has 0 bridgehead atoms. The Morgan fingerprint density at radius 1 is 1.39 bits per heavy atom. The maximum absolute atomic E-state index is 11.6. The van der Waals surface area contributed by atoms with Crippen LogP contribution in [-0.2, 0) is 10.2 Å². The highest BCUT2D eigenvalue weighted by atomic mass is 35.5. The summed E-state index contributed by atoms with van der Waals surface area (Å²) in [6, 6.07) is 3.48. The number of rotatable bonds is 5. The molecule has 0 saturated heterocycles. The number of aromatic carboxylic acids is 1. The van der Waals surface area contributed by atoms with Gasteiger partial charge >= 0.3 is 5.97 Å². The van der Waals surface area contributed by atoms with Gasteiger partial charge in [0.2, 0.25) is 0 Å². The Balaban J connectivity index is 3.04. The van der Waals surface area contributed by atoms with Crippen LogP contribution in [0.25, 0.3) is 0 Å². The van der Waals surface area contributed by atoms with Gasteiger partial charge in [-0.25, -0.2) is 4.79 Å². The van der Waals surface area contributed by atoms with Crippen LogP contribution >= 0.6 is 11.6 Å². The molecule has 1 aromatic rings. The van der Waals surface area contributed by atoms with Crippen LogP contribution in [-0.4, -0.2) is 25.5 Å². The molecule has 1 aromatic carbocycles. The van der Waals surface area contributed by atoms with Crippen LogP contribution in [0, 0.1) is 0 Å².